The molecule has 1 N–H and O–H groups in total. The van der Waals surface area contributed by atoms with Crippen LogP contribution in [0.3, 0.4) is 0 Å². The molecule has 1 unspecified atom stereocenters. The van der Waals surface area contributed by atoms with Crippen molar-refractivity contribution in [3.05, 3.63) is 48.0 Å². The average molecular weight is 259 g/mol. The van der Waals surface area contributed by atoms with Crippen LogP contribution in [0.15, 0.2) is 36.7 Å². The molecule has 102 valence electrons. The molecule has 1 aromatic carbocycles. The third kappa shape index (κ3) is 3.41. The maximum atomic E-state index is 10.8. The van der Waals surface area contributed by atoms with E-state index in [1.165, 1.54) is 0 Å². The molecular weight excluding hydrogens is 238 g/mol. The molecule has 1 atom stereocenters. The summed E-state index contributed by atoms with van der Waals surface area (Å²) in [5.74, 6) is 0.850. The van der Waals surface area contributed by atoms with Crippen molar-refractivity contribution < 1.29 is 5.11 Å². The molecular formula is C15H21N3O. The number of benzene rings is 1. The molecule has 0 aliphatic carbocycles. The van der Waals surface area contributed by atoms with Crippen LogP contribution < -0.4 is 0 Å². The van der Waals surface area contributed by atoms with E-state index in [4.69, 9.17) is 0 Å². The quantitative estimate of drug-likeness (QED) is 0.865. The smallest absolute Gasteiger partial charge is 0.138 e. The van der Waals surface area contributed by atoms with Crippen LogP contribution in [0.25, 0.3) is 0 Å². The monoisotopic (exact) mass is 259 g/mol. The molecule has 0 saturated heterocycles. The van der Waals surface area contributed by atoms with Crippen LogP contribution in [0.5, 0.6) is 0 Å². The Morgan fingerprint density at radius 1 is 1.16 bits per heavy atom. The first-order valence-electron chi connectivity index (χ1n) is 6.80. The molecule has 0 aliphatic rings. The largest absolute Gasteiger partial charge is 0.389 e. The molecule has 0 fully saturated rings. The molecule has 0 spiro atoms. The SMILES string of the molecule is CCn1ncnc1CC(O)(CC)Cc1ccccc1. The second kappa shape index (κ2) is 5.97. The molecule has 4 nitrogen and oxygen atoms in total. The number of nitrogens with zero attached hydrogens (tertiary/aromatic N) is 3. The molecule has 0 radical (unpaired) electrons. The van der Waals surface area contributed by atoms with Crippen molar-refractivity contribution >= 4 is 0 Å². The van der Waals surface area contributed by atoms with Gasteiger partial charge in [0.1, 0.15) is 12.2 Å². The highest BCUT2D eigenvalue weighted by atomic mass is 16.3. The first-order valence-corrected chi connectivity index (χ1v) is 6.80. The Morgan fingerprint density at radius 3 is 2.53 bits per heavy atom. The van der Waals surface area contributed by atoms with Gasteiger partial charge in [-0.2, -0.15) is 5.10 Å². The molecule has 0 amide bonds. The molecule has 1 aromatic heterocycles. The fourth-order valence-electron chi connectivity index (χ4n) is 2.27. The fraction of sp³-hybridized carbons (Fsp3) is 0.467. The Balaban J connectivity index is 2.14. The van der Waals surface area contributed by atoms with Gasteiger partial charge in [-0.25, -0.2) is 4.98 Å². The van der Waals surface area contributed by atoms with Gasteiger partial charge in [0, 0.05) is 19.4 Å². The van der Waals surface area contributed by atoms with Gasteiger partial charge in [0.05, 0.1) is 5.60 Å². The molecule has 4 heteroatoms. The van der Waals surface area contributed by atoms with E-state index in [1.54, 1.807) is 6.33 Å². The van der Waals surface area contributed by atoms with Crippen LogP contribution >= 0.6 is 0 Å². The lowest BCUT2D eigenvalue weighted by atomic mass is 9.88. The van der Waals surface area contributed by atoms with Gasteiger partial charge in [-0.3, -0.25) is 4.68 Å². The van der Waals surface area contributed by atoms with Crippen LogP contribution in [0.4, 0.5) is 0 Å². The van der Waals surface area contributed by atoms with Gasteiger partial charge in [0.25, 0.3) is 0 Å². The molecule has 1 heterocycles. The van der Waals surface area contributed by atoms with Gasteiger partial charge in [-0.15, -0.1) is 0 Å². The van der Waals surface area contributed by atoms with Gasteiger partial charge >= 0.3 is 0 Å². The fourth-order valence-corrected chi connectivity index (χ4v) is 2.27. The second-order valence-corrected chi connectivity index (χ2v) is 4.91. The van der Waals surface area contributed by atoms with Crippen LogP contribution in [0, 0.1) is 0 Å². The summed E-state index contributed by atoms with van der Waals surface area (Å²) in [4.78, 5) is 4.25. The molecule has 0 bridgehead atoms. The zero-order chi connectivity index (χ0) is 13.7. The Hall–Kier alpha value is -1.68. The zero-order valence-electron chi connectivity index (χ0n) is 11.6. The van der Waals surface area contributed by atoms with Crippen molar-refractivity contribution in [2.24, 2.45) is 0 Å². The minimum atomic E-state index is -0.763. The van der Waals surface area contributed by atoms with Crippen molar-refractivity contribution in [1.82, 2.24) is 14.8 Å². The topological polar surface area (TPSA) is 50.9 Å². The number of aromatic nitrogens is 3. The normalized spacial score (nSPS) is 14.3. The first kappa shape index (κ1) is 13.7. The second-order valence-electron chi connectivity index (χ2n) is 4.91. The van der Waals surface area contributed by atoms with Crippen LogP contribution in [-0.2, 0) is 19.4 Å². The van der Waals surface area contributed by atoms with Crippen LogP contribution in [0.1, 0.15) is 31.7 Å². The number of rotatable bonds is 6. The van der Waals surface area contributed by atoms with Crippen molar-refractivity contribution in [2.75, 3.05) is 0 Å². The Labute approximate surface area is 114 Å². The van der Waals surface area contributed by atoms with Gasteiger partial charge in [0.15, 0.2) is 0 Å². The van der Waals surface area contributed by atoms with Crippen molar-refractivity contribution in [2.45, 2.75) is 45.3 Å². The van der Waals surface area contributed by atoms with Crippen molar-refractivity contribution in [1.29, 1.82) is 0 Å². The standard InChI is InChI=1S/C15H21N3O/c1-3-15(19,10-13-8-6-5-7-9-13)11-14-16-12-17-18(14)4-2/h5-9,12,19H,3-4,10-11H2,1-2H3. The van der Waals surface area contributed by atoms with E-state index in [-0.39, 0.29) is 0 Å². The number of aryl methyl sites for hydroxylation is 1. The summed E-state index contributed by atoms with van der Waals surface area (Å²) < 4.78 is 1.84. The van der Waals surface area contributed by atoms with Gasteiger partial charge in [-0.1, -0.05) is 37.3 Å². The average Bonchev–Trinajstić information content (AvgIpc) is 2.86. The third-order valence-corrected chi connectivity index (χ3v) is 3.52. The van der Waals surface area contributed by atoms with Crippen LogP contribution in [0.2, 0.25) is 0 Å². The van der Waals surface area contributed by atoms with Crippen molar-refractivity contribution in [3.63, 3.8) is 0 Å². The molecule has 0 aliphatic heterocycles. The molecule has 2 aromatic rings. The minimum absolute atomic E-state index is 0.534. The Morgan fingerprint density at radius 2 is 1.89 bits per heavy atom. The van der Waals surface area contributed by atoms with E-state index in [1.807, 2.05) is 48.9 Å². The summed E-state index contributed by atoms with van der Waals surface area (Å²) in [5.41, 5.74) is 0.385. The molecule has 19 heavy (non-hydrogen) atoms. The molecule has 0 saturated carbocycles. The predicted octanol–water partition coefficient (Wildman–Crippen LogP) is 2.22. The first-order chi connectivity index (χ1) is 9.17. The Kier molecular flexibility index (Phi) is 4.32. The van der Waals surface area contributed by atoms with E-state index in [0.717, 1.165) is 17.9 Å². The summed E-state index contributed by atoms with van der Waals surface area (Å²) >= 11 is 0. The summed E-state index contributed by atoms with van der Waals surface area (Å²) in [6.07, 6.45) is 3.42. The zero-order valence-corrected chi connectivity index (χ0v) is 11.6. The van der Waals surface area contributed by atoms with Gasteiger partial charge in [0.2, 0.25) is 0 Å². The van der Waals surface area contributed by atoms with E-state index < -0.39 is 5.60 Å². The lowest BCUT2D eigenvalue weighted by molar-refractivity contribution is 0.0339. The van der Waals surface area contributed by atoms with E-state index >= 15 is 0 Å². The highest BCUT2D eigenvalue weighted by molar-refractivity contribution is 5.17. The predicted molar refractivity (Wildman–Crippen MR) is 74.8 cm³/mol. The summed E-state index contributed by atoms with van der Waals surface area (Å²) in [6.45, 7) is 4.82. The lowest BCUT2D eigenvalue weighted by Crippen LogP contribution is -2.34. The van der Waals surface area contributed by atoms with E-state index in [9.17, 15) is 5.11 Å². The summed E-state index contributed by atoms with van der Waals surface area (Å²) in [6, 6.07) is 10.1. The maximum Gasteiger partial charge on any atom is 0.138 e. The number of aliphatic hydroxyl groups is 1. The number of hydrogen-bond acceptors (Lipinski definition) is 3. The van der Waals surface area contributed by atoms with Crippen molar-refractivity contribution in [3.8, 4) is 0 Å². The van der Waals surface area contributed by atoms with Gasteiger partial charge in [-0.05, 0) is 18.9 Å². The minimum Gasteiger partial charge on any atom is -0.389 e. The summed E-state index contributed by atoms with van der Waals surface area (Å²) in [5, 5.41) is 14.9. The Bertz CT molecular complexity index is 509. The van der Waals surface area contributed by atoms with E-state index in [2.05, 4.69) is 10.1 Å². The highest BCUT2D eigenvalue weighted by Crippen LogP contribution is 2.21. The summed E-state index contributed by atoms with van der Waals surface area (Å²) in [7, 11) is 0. The third-order valence-electron chi connectivity index (χ3n) is 3.52. The molecule has 2 rings (SSSR count). The van der Waals surface area contributed by atoms with Crippen LogP contribution in [-0.4, -0.2) is 25.5 Å². The van der Waals surface area contributed by atoms with Gasteiger partial charge < -0.3 is 5.11 Å². The lowest BCUT2D eigenvalue weighted by Gasteiger charge is -2.26. The highest BCUT2D eigenvalue weighted by Gasteiger charge is 2.27. The number of hydrogen-bond donors (Lipinski definition) is 1. The van der Waals surface area contributed by atoms with E-state index in [0.29, 0.717) is 19.3 Å². The maximum absolute atomic E-state index is 10.8.